The van der Waals surface area contributed by atoms with Gasteiger partial charge in [-0.3, -0.25) is 19.0 Å². The number of anilines is 2. The molecule has 3 heterocycles. The summed E-state index contributed by atoms with van der Waals surface area (Å²) in [5.74, 6) is -0.160. The van der Waals surface area contributed by atoms with Gasteiger partial charge in [-0.15, -0.1) is 11.3 Å². The van der Waals surface area contributed by atoms with Crippen LogP contribution >= 0.6 is 11.3 Å². The molecule has 23 heavy (non-hydrogen) atoms. The minimum absolute atomic E-state index is 0.206. The number of thiophene rings is 1. The third-order valence-electron chi connectivity index (χ3n) is 3.06. The average Bonchev–Trinajstić information content (AvgIpc) is 3.22. The van der Waals surface area contributed by atoms with Crippen molar-refractivity contribution in [3.05, 3.63) is 46.5 Å². The van der Waals surface area contributed by atoms with Crippen LogP contribution in [0, 0.1) is 0 Å². The van der Waals surface area contributed by atoms with Crippen LogP contribution in [0.15, 0.2) is 36.0 Å². The Bertz CT molecular complexity index is 849. The number of amides is 2. The number of carbonyl (C=O) groups is 2. The fourth-order valence-corrected chi connectivity index (χ4v) is 2.58. The first-order valence-electron chi connectivity index (χ1n) is 6.72. The second kappa shape index (κ2) is 6.05. The summed E-state index contributed by atoms with van der Waals surface area (Å²) in [6.45, 7) is 0. The van der Waals surface area contributed by atoms with Gasteiger partial charge < -0.3 is 10.6 Å². The van der Waals surface area contributed by atoms with Crippen LogP contribution in [-0.4, -0.2) is 31.4 Å². The SMILES string of the molecule is Cn1cc(NC(=O)c2cc(NC(=O)c3cccs3)n(C)n2)cn1. The van der Waals surface area contributed by atoms with Crippen LogP contribution in [0.25, 0.3) is 0 Å². The molecule has 8 nitrogen and oxygen atoms in total. The number of nitrogens with one attached hydrogen (secondary N) is 2. The smallest absolute Gasteiger partial charge is 0.276 e. The van der Waals surface area contributed by atoms with E-state index in [0.29, 0.717) is 16.4 Å². The maximum Gasteiger partial charge on any atom is 0.276 e. The lowest BCUT2D eigenvalue weighted by Gasteiger charge is -2.02. The van der Waals surface area contributed by atoms with Gasteiger partial charge in [-0.25, -0.2) is 0 Å². The minimum atomic E-state index is -0.370. The van der Waals surface area contributed by atoms with Gasteiger partial charge >= 0.3 is 0 Å². The van der Waals surface area contributed by atoms with Gasteiger partial charge in [-0.2, -0.15) is 10.2 Å². The molecule has 0 aromatic carbocycles. The van der Waals surface area contributed by atoms with E-state index < -0.39 is 0 Å². The van der Waals surface area contributed by atoms with Gasteiger partial charge in [-0.05, 0) is 11.4 Å². The van der Waals surface area contributed by atoms with Gasteiger partial charge in [0.2, 0.25) is 0 Å². The molecule has 3 rings (SSSR count). The summed E-state index contributed by atoms with van der Waals surface area (Å²) in [4.78, 5) is 24.8. The molecular weight excluding hydrogens is 316 g/mol. The molecule has 0 atom stereocenters. The molecule has 2 N–H and O–H groups in total. The Balaban J connectivity index is 1.72. The van der Waals surface area contributed by atoms with E-state index in [2.05, 4.69) is 20.8 Å². The summed E-state index contributed by atoms with van der Waals surface area (Å²) in [6.07, 6.45) is 3.22. The number of hydrogen-bond donors (Lipinski definition) is 2. The first kappa shape index (κ1) is 15.0. The molecule has 2 amide bonds. The van der Waals surface area contributed by atoms with Gasteiger partial charge in [0.25, 0.3) is 11.8 Å². The van der Waals surface area contributed by atoms with Gasteiger partial charge in [0.15, 0.2) is 5.69 Å². The number of hydrogen-bond acceptors (Lipinski definition) is 5. The molecule has 0 aliphatic carbocycles. The molecular formula is C14H14N6O2S. The van der Waals surface area contributed by atoms with Crippen molar-refractivity contribution in [1.29, 1.82) is 0 Å². The number of aryl methyl sites for hydroxylation is 2. The zero-order valence-electron chi connectivity index (χ0n) is 12.5. The molecule has 3 aromatic rings. The fraction of sp³-hybridized carbons (Fsp3) is 0.143. The van der Waals surface area contributed by atoms with Gasteiger partial charge in [0, 0.05) is 26.4 Å². The van der Waals surface area contributed by atoms with E-state index in [9.17, 15) is 9.59 Å². The minimum Gasteiger partial charge on any atom is -0.318 e. The van der Waals surface area contributed by atoms with Crippen molar-refractivity contribution in [3.8, 4) is 0 Å². The Hall–Kier alpha value is -2.94. The Morgan fingerprint density at radius 3 is 2.70 bits per heavy atom. The predicted octanol–water partition coefficient (Wildman–Crippen LogP) is 1.72. The third-order valence-corrected chi connectivity index (χ3v) is 3.93. The van der Waals surface area contributed by atoms with E-state index in [4.69, 9.17) is 0 Å². The van der Waals surface area contributed by atoms with Gasteiger partial charge in [0.05, 0.1) is 16.8 Å². The molecule has 0 bridgehead atoms. The topological polar surface area (TPSA) is 93.8 Å². The number of nitrogens with zero attached hydrogens (tertiary/aromatic N) is 4. The van der Waals surface area contributed by atoms with Crippen LogP contribution in [0.5, 0.6) is 0 Å². The first-order valence-corrected chi connectivity index (χ1v) is 7.60. The Morgan fingerprint density at radius 1 is 1.22 bits per heavy atom. The number of rotatable bonds is 4. The van der Waals surface area contributed by atoms with Crippen molar-refractivity contribution in [1.82, 2.24) is 19.6 Å². The van der Waals surface area contributed by atoms with Crippen LogP contribution in [0.2, 0.25) is 0 Å². The molecule has 0 unspecified atom stereocenters. The summed E-state index contributed by atoms with van der Waals surface area (Å²) in [6, 6.07) is 5.05. The molecule has 0 radical (unpaired) electrons. The first-order chi connectivity index (χ1) is 11.0. The van der Waals surface area contributed by atoms with E-state index in [1.165, 1.54) is 22.1 Å². The van der Waals surface area contributed by atoms with Crippen molar-refractivity contribution >= 4 is 34.7 Å². The zero-order chi connectivity index (χ0) is 16.4. The quantitative estimate of drug-likeness (QED) is 0.761. The normalized spacial score (nSPS) is 10.5. The molecule has 0 saturated carbocycles. The molecule has 0 aliphatic rings. The lowest BCUT2D eigenvalue weighted by molar-refractivity contribution is 0.101. The summed E-state index contributed by atoms with van der Waals surface area (Å²) < 4.78 is 3.03. The van der Waals surface area contributed by atoms with E-state index >= 15 is 0 Å². The highest BCUT2D eigenvalue weighted by atomic mass is 32.1. The van der Waals surface area contributed by atoms with E-state index in [1.54, 1.807) is 43.3 Å². The highest BCUT2D eigenvalue weighted by Crippen LogP contribution is 2.15. The lowest BCUT2D eigenvalue weighted by Crippen LogP contribution is -2.13. The largest absolute Gasteiger partial charge is 0.318 e. The Kier molecular flexibility index (Phi) is 3.94. The fourth-order valence-electron chi connectivity index (χ4n) is 1.96. The van der Waals surface area contributed by atoms with E-state index in [0.717, 1.165) is 0 Å². The maximum absolute atomic E-state index is 12.2. The Labute approximate surface area is 135 Å². The number of aromatic nitrogens is 4. The van der Waals surface area contributed by atoms with Crippen LogP contribution in [0.1, 0.15) is 20.2 Å². The van der Waals surface area contributed by atoms with E-state index in [-0.39, 0.29) is 17.5 Å². The second-order valence-corrected chi connectivity index (χ2v) is 5.77. The summed E-state index contributed by atoms with van der Waals surface area (Å²) >= 11 is 1.34. The Morgan fingerprint density at radius 2 is 2.04 bits per heavy atom. The van der Waals surface area contributed by atoms with Crippen LogP contribution < -0.4 is 10.6 Å². The second-order valence-electron chi connectivity index (χ2n) is 4.83. The lowest BCUT2D eigenvalue weighted by atomic mass is 10.3. The van der Waals surface area contributed by atoms with E-state index in [1.807, 2.05) is 5.38 Å². The third kappa shape index (κ3) is 3.29. The molecule has 0 fully saturated rings. The molecule has 0 saturated heterocycles. The number of carbonyl (C=O) groups excluding carboxylic acids is 2. The summed E-state index contributed by atoms with van der Waals surface area (Å²) in [5.41, 5.74) is 0.783. The summed E-state index contributed by atoms with van der Waals surface area (Å²) in [5, 5.41) is 15.3. The van der Waals surface area contributed by atoms with Crippen molar-refractivity contribution in [2.75, 3.05) is 10.6 Å². The van der Waals surface area contributed by atoms with Crippen LogP contribution in [0.4, 0.5) is 11.5 Å². The van der Waals surface area contributed by atoms with Crippen molar-refractivity contribution < 1.29 is 9.59 Å². The maximum atomic E-state index is 12.2. The molecule has 3 aromatic heterocycles. The zero-order valence-corrected chi connectivity index (χ0v) is 13.3. The monoisotopic (exact) mass is 330 g/mol. The molecule has 0 spiro atoms. The van der Waals surface area contributed by atoms with Crippen molar-refractivity contribution in [2.24, 2.45) is 14.1 Å². The predicted molar refractivity (Wildman–Crippen MR) is 86.6 cm³/mol. The van der Waals surface area contributed by atoms with Gasteiger partial charge in [0.1, 0.15) is 5.82 Å². The summed E-state index contributed by atoms with van der Waals surface area (Å²) in [7, 11) is 3.42. The standard InChI is InChI=1S/C14H14N6O2S/c1-19-8-9(7-15-19)16-13(21)10-6-12(20(2)18-10)17-14(22)11-4-3-5-23-11/h3-8H,1-2H3,(H,16,21)(H,17,22). The molecule has 9 heteroatoms. The highest BCUT2D eigenvalue weighted by molar-refractivity contribution is 7.12. The van der Waals surface area contributed by atoms with Crippen molar-refractivity contribution in [3.63, 3.8) is 0 Å². The van der Waals surface area contributed by atoms with Crippen LogP contribution in [0.3, 0.4) is 0 Å². The van der Waals surface area contributed by atoms with Gasteiger partial charge in [-0.1, -0.05) is 6.07 Å². The van der Waals surface area contributed by atoms with Crippen LogP contribution in [-0.2, 0) is 14.1 Å². The molecule has 0 aliphatic heterocycles. The highest BCUT2D eigenvalue weighted by Gasteiger charge is 2.16. The average molecular weight is 330 g/mol. The molecule has 118 valence electrons. The van der Waals surface area contributed by atoms with Crippen molar-refractivity contribution in [2.45, 2.75) is 0 Å².